The zero-order valence-corrected chi connectivity index (χ0v) is 13.6. The minimum atomic E-state index is -0.487. The van der Waals surface area contributed by atoms with E-state index in [1.807, 2.05) is 0 Å². The number of carbonyl (C=O) groups excluding carboxylic acids is 1. The van der Waals surface area contributed by atoms with Gasteiger partial charge in [0.2, 0.25) is 5.12 Å². The highest BCUT2D eigenvalue weighted by atomic mass is 32.1. The maximum absolute atomic E-state index is 11.3. The summed E-state index contributed by atoms with van der Waals surface area (Å²) in [4.78, 5) is 11.3. The molecule has 0 spiro atoms. The van der Waals surface area contributed by atoms with Crippen molar-refractivity contribution in [2.45, 2.75) is 58.0 Å². The van der Waals surface area contributed by atoms with Gasteiger partial charge in [-0.05, 0) is 18.6 Å². The standard InChI is InChI=1S/C17H26O3S/c1-2-3-4-5-6-7-10-14(18)13-20-16-12-9-8-11-15(16)17(19)21/h8-9,11-12,14,18H,2-7,10,13H2,1H3,(H,19,21). The third kappa shape index (κ3) is 7.53. The average molecular weight is 310 g/mol. The Kier molecular flexibility index (Phi) is 9.19. The molecule has 1 atom stereocenters. The van der Waals surface area contributed by atoms with E-state index < -0.39 is 6.10 Å². The van der Waals surface area contributed by atoms with Gasteiger partial charge in [0.1, 0.15) is 12.4 Å². The average Bonchev–Trinajstić information content (AvgIpc) is 2.49. The number of carbonyl (C=O) groups is 1. The van der Waals surface area contributed by atoms with Crippen molar-refractivity contribution in [2.75, 3.05) is 6.61 Å². The van der Waals surface area contributed by atoms with Crippen LogP contribution < -0.4 is 4.74 Å². The summed E-state index contributed by atoms with van der Waals surface area (Å²) in [6.07, 6.45) is 7.48. The summed E-state index contributed by atoms with van der Waals surface area (Å²) in [7, 11) is 0. The van der Waals surface area contributed by atoms with Crippen LogP contribution in [0.15, 0.2) is 24.3 Å². The number of para-hydroxylation sites is 1. The van der Waals surface area contributed by atoms with Crippen molar-refractivity contribution in [2.24, 2.45) is 0 Å². The molecule has 1 rings (SSSR count). The van der Waals surface area contributed by atoms with Crippen molar-refractivity contribution in [1.29, 1.82) is 0 Å². The Morgan fingerprint density at radius 3 is 2.57 bits per heavy atom. The third-order valence-corrected chi connectivity index (χ3v) is 3.68. The number of ether oxygens (including phenoxy) is 1. The molecular weight excluding hydrogens is 284 g/mol. The Bertz CT molecular complexity index is 420. The molecule has 0 fully saturated rings. The molecule has 3 nitrogen and oxygen atoms in total. The van der Waals surface area contributed by atoms with Gasteiger partial charge in [0.15, 0.2) is 0 Å². The largest absolute Gasteiger partial charge is 0.490 e. The van der Waals surface area contributed by atoms with E-state index in [4.69, 9.17) is 4.74 Å². The van der Waals surface area contributed by atoms with Crippen LogP contribution in [0, 0.1) is 0 Å². The van der Waals surface area contributed by atoms with Crippen LogP contribution in [0.2, 0.25) is 0 Å². The number of hydrogen-bond acceptors (Lipinski definition) is 3. The van der Waals surface area contributed by atoms with Crippen LogP contribution in [-0.4, -0.2) is 22.9 Å². The summed E-state index contributed by atoms with van der Waals surface area (Å²) < 4.78 is 5.54. The summed E-state index contributed by atoms with van der Waals surface area (Å²) >= 11 is 3.82. The van der Waals surface area contributed by atoms with Crippen molar-refractivity contribution < 1.29 is 14.6 Å². The summed E-state index contributed by atoms with van der Waals surface area (Å²) in [5, 5.41) is 9.59. The van der Waals surface area contributed by atoms with Crippen molar-refractivity contribution in [3.05, 3.63) is 29.8 Å². The minimum Gasteiger partial charge on any atom is -0.490 e. The SMILES string of the molecule is CCCCCCCCC(O)COc1ccccc1C(=O)S. The fraction of sp³-hybridized carbons (Fsp3) is 0.588. The van der Waals surface area contributed by atoms with Gasteiger partial charge in [-0.1, -0.05) is 57.6 Å². The number of rotatable bonds is 11. The molecule has 1 aromatic carbocycles. The Hall–Kier alpha value is -1.000. The highest BCUT2D eigenvalue weighted by Crippen LogP contribution is 2.20. The zero-order valence-electron chi connectivity index (χ0n) is 12.8. The first-order valence-corrected chi connectivity index (χ1v) is 8.23. The Balaban J connectivity index is 2.24. The number of aliphatic hydroxyl groups excluding tert-OH is 1. The van der Waals surface area contributed by atoms with Crippen LogP contribution in [0.4, 0.5) is 0 Å². The summed E-state index contributed by atoms with van der Waals surface area (Å²) in [5.41, 5.74) is 0.438. The Labute approximate surface area is 133 Å². The van der Waals surface area contributed by atoms with Crippen LogP contribution in [0.1, 0.15) is 62.2 Å². The third-order valence-electron chi connectivity index (χ3n) is 3.44. The van der Waals surface area contributed by atoms with Crippen LogP contribution >= 0.6 is 12.6 Å². The molecule has 1 N–H and O–H groups in total. The van der Waals surface area contributed by atoms with Gasteiger partial charge < -0.3 is 9.84 Å². The van der Waals surface area contributed by atoms with Gasteiger partial charge in [0, 0.05) is 0 Å². The van der Waals surface area contributed by atoms with Crippen molar-refractivity contribution in [1.82, 2.24) is 0 Å². The molecule has 118 valence electrons. The van der Waals surface area contributed by atoms with Crippen LogP contribution in [0.5, 0.6) is 5.75 Å². The van der Waals surface area contributed by atoms with E-state index >= 15 is 0 Å². The van der Waals surface area contributed by atoms with Gasteiger partial charge in [-0.25, -0.2) is 0 Å². The van der Waals surface area contributed by atoms with Crippen molar-refractivity contribution in [3.63, 3.8) is 0 Å². The lowest BCUT2D eigenvalue weighted by Gasteiger charge is -2.13. The van der Waals surface area contributed by atoms with Crippen LogP contribution in [0.3, 0.4) is 0 Å². The first kappa shape index (κ1) is 18.1. The molecule has 1 unspecified atom stereocenters. The molecule has 0 aromatic heterocycles. The van der Waals surface area contributed by atoms with E-state index in [0.29, 0.717) is 11.3 Å². The zero-order chi connectivity index (χ0) is 15.5. The minimum absolute atomic E-state index is 0.215. The maximum atomic E-state index is 11.3. The number of aliphatic hydroxyl groups is 1. The first-order valence-electron chi connectivity index (χ1n) is 7.78. The molecule has 0 aliphatic carbocycles. The van der Waals surface area contributed by atoms with E-state index in [2.05, 4.69) is 19.6 Å². The summed E-state index contributed by atoms with van der Waals surface area (Å²) in [6, 6.07) is 6.96. The predicted molar refractivity (Wildman–Crippen MR) is 89.3 cm³/mol. The van der Waals surface area contributed by atoms with Crippen LogP contribution in [0.25, 0.3) is 0 Å². The van der Waals surface area contributed by atoms with Gasteiger partial charge in [-0.3, -0.25) is 4.79 Å². The molecule has 0 radical (unpaired) electrons. The fourth-order valence-electron chi connectivity index (χ4n) is 2.20. The van der Waals surface area contributed by atoms with Gasteiger partial charge >= 0.3 is 0 Å². The molecule has 0 bridgehead atoms. The van der Waals surface area contributed by atoms with E-state index in [1.165, 1.54) is 25.7 Å². The number of hydrogen-bond donors (Lipinski definition) is 2. The lowest BCUT2D eigenvalue weighted by molar-refractivity contribution is 0.0952. The highest BCUT2D eigenvalue weighted by molar-refractivity contribution is 7.97. The molecular formula is C17H26O3S. The molecule has 0 amide bonds. The predicted octanol–water partition coefficient (Wildman–Crippen LogP) is 4.25. The lowest BCUT2D eigenvalue weighted by atomic mass is 10.1. The second-order valence-corrected chi connectivity index (χ2v) is 5.73. The normalized spacial score (nSPS) is 12.1. The Morgan fingerprint density at radius 1 is 1.19 bits per heavy atom. The smallest absolute Gasteiger partial charge is 0.220 e. The van der Waals surface area contributed by atoms with Crippen LogP contribution in [-0.2, 0) is 0 Å². The summed E-state index contributed by atoms with van der Waals surface area (Å²) in [6.45, 7) is 2.42. The molecule has 0 saturated carbocycles. The topological polar surface area (TPSA) is 46.5 Å². The molecule has 21 heavy (non-hydrogen) atoms. The number of unbranched alkanes of at least 4 members (excludes halogenated alkanes) is 5. The fourth-order valence-corrected chi connectivity index (χ4v) is 2.38. The van der Waals surface area contributed by atoms with Gasteiger partial charge in [0.05, 0.1) is 11.7 Å². The summed E-state index contributed by atoms with van der Waals surface area (Å²) in [5.74, 6) is 0.486. The van der Waals surface area contributed by atoms with Crippen molar-refractivity contribution >= 4 is 17.7 Å². The second kappa shape index (κ2) is 10.7. The highest BCUT2D eigenvalue weighted by Gasteiger charge is 2.10. The Morgan fingerprint density at radius 2 is 1.86 bits per heavy atom. The molecule has 1 aromatic rings. The first-order chi connectivity index (χ1) is 10.1. The van der Waals surface area contributed by atoms with Crippen molar-refractivity contribution in [3.8, 4) is 5.75 Å². The quantitative estimate of drug-likeness (QED) is 0.474. The molecule has 4 heteroatoms. The monoisotopic (exact) mass is 310 g/mol. The molecule has 0 heterocycles. The second-order valence-electron chi connectivity index (χ2n) is 5.32. The maximum Gasteiger partial charge on any atom is 0.220 e. The van der Waals surface area contributed by atoms with Gasteiger partial charge in [-0.2, -0.15) is 0 Å². The molecule has 0 aliphatic heterocycles. The molecule has 0 aliphatic rings. The van der Waals surface area contributed by atoms with E-state index in [9.17, 15) is 9.90 Å². The van der Waals surface area contributed by atoms with E-state index in [-0.39, 0.29) is 11.7 Å². The van der Waals surface area contributed by atoms with Gasteiger partial charge in [-0.15, -0.1) is 12.6 Å². The number of thiol groups is 1. The van der Waals surface area contributed by atoms with Gasteiger partial charge in [0.25, 0.3) is 0 Å². The molecule has 0 saturated heterocycles. The van der Waals surface area contributed by atoms with E-state index in [1.54, 1.807) is 24.3 Å². The number of benzene rings is 1. The van der Waals surface area contributed by atoms with E-state index in [0.717, 1.165) is 19.3 Å². The lowest BCUT2D eigenvalue weighted by Crippen LogP contribution is -2.18.